The number of nitrogens with zero attached hydrogens (tertiary/aromatic N) is 2. The Labute approximate surface area is 111 Å². The van der Waals surface area contributed by atoms with Crippen molar-refractivity contribution in [2.45, 2.75) is 32.2 Å². The lowest BCUT2D eigenvalue weighted by molar-refractivity contribution is 0.297. The summed E-state index contributed by atoms with van der Waals surface area (Å²) in [4.78, 5) is 4.38. The molecule has 1 aliphatic rings. The second kappa shape index (κ2) is 5.09. The molecule has 0 bridgehead atoms. The molecule has 2 heterocycles. The molecule has 4 nitrogen and oxygen atoms in total. The number of piperidine rings is 1. The zero-order chi connectivity index (χ0) is 13.2. The third kappa shape index (κ3) is 2.66. The monoisotopic (exact) mass is 261 g/mol. The Morgan fingerprint density at radius 1 is 1.32 bits per heavy atom. The number of nitrogens with one attached hydrogen (secondary N) is 1. The van der Waals surface area contributed by atoms with E-state index in [0.29, 0.717) is 17.3 Å². The number of rotatable bonds is 2. The largest absolute Gasteiger partial charge is 0.337 e. The quantitative estimate of drug-likeness (QED) is 0.902. The topological polar surface area (TPSA) is 51.0 Å². The molecule has 100 valence electrons. The molecule has 0 amide bonds. The van der Waals surface area contributed by atoms with Gasteiger partial charge in [0.25, 0.3) is 0 Å². The van der Waals surface area contributed by atoms with Crippen LogP contribution in [0.4, 0.5) is 4.39 Å². The molecule has 0 spiro atoms. The van der Waals surface area contributed by atoms with Crippen LogP contribution in [0.25, 0.3) is 11.4 Å². The maximum Gasteiger partial charge on any atom is 0.244 e. The fourth-order valence-corrected chi connectivity index (χ4v) is 2.42. The zero-order valence-electron chi connectivity index (χ0n) is 10.8. The minimum absolute atomic E-state index is 0.129. The van der Waals surface area contributed by atoms with Crippen molar-refractivity contribution in [1.29, 1.82) is 0 Å². The summed E-state index contributed by atoms with van der Waals surface area (Å²) in [5.41, 5.74) is 1.50. The normalized spacial score (nSPS) is 19.6. The van der Waals surface area contributed by atoms with Crippen LogP contribution in [0.2, 0.25) is 0 Å². The molecule has 1 aromatic carbocycles. The third-order valence-corrected chi connectivity index (χ3v) is 3.35. The van der Waals surface area contributed by atoms with Gasteiger partial charge in [-0.2, -0.15) is 4.98 Å². The molecule has 1 N–H and O–H groups in total. The van der Waals surface area contributed by atoms with E-state index in [1.165, 1.54) is 18.6 Å². The second-order valence-electron chi connectivity index (χ2n) is 4.98. The third-order valence-electron chi connectivity index (χ3n) is 3.35. The van der Waals surface area contributed by atoms with Gasteiger partial charge in [-0.25, -0.2) is 4.39 Å². The minimum atomic E-state index is -0.280. The van der Waals surface area contributed by atoms with Crippen LogP contribution in [0.3, 0.4) is 0 Å². The summed E-state index contributed by atoms with van der Waals surface area (Å²) < 4.78 is 18.7. The molecule has 1 fully saturated rings. The molecule has 3 rings (SSSR count). The molecule has 5 heteroatoms. The Kier molecular flexibility index (Phi) is 3.29. The van der Waals surface area contributed by atoms with E-state index >= 15 is 0 Å². The lowest BCUT2D eigenvalue weighted by Crippen LogP contribution is -2.26. The number of benzene rings is 1. The predicted octanol–water partition coefficient (Wildman–Crippen LogP) is 3.00. The summed E-state index contributed by atoms with van der Waals surface area (Å²) in [5.74, 6) is 0.763. The Balaban J connectivity index is 1.87. The van der Waals surface area contributed by atoms with E-state index in [2.05, 4.69) is 15.5 Å². The standard InChI is InChI=1S/C14H16FN3O/c1-9-6-10(8-11(15)7-9)13-17-14(19-18-13)12-4-2-3-5-16-12/h6-8,12,16H,2-5H2,1H3/t12-/m0/s1. The van der Waals surface area contributed by atoms with E-state index < -0.39 is 0 Å². The summed E-state index contributed by atoms with van der Waals surface area (Å²) in [7, 11) is 0. The average molecular weight is 261 g/mol. The Bertz CT molecular complexity index is 556. The Morgan fingerprint density at radius 2 is 2.21 bits per heavy atom. The first-order chi connectivity index (χ1) is 9.22. The van der Waals surface area contributed by atoms with Gasteiger partial charge in [-0.3, -0.25) is 0 Å². The summed E-state index contributed by atoms with van der Waals surface area (Å²) in [6.45, 7) is 2.82. The number of hydrogen-bond acceptors (Lipinski definition) is 4. The highest BCUT2D eigenvalue weighted by atomic mass is 19.1. The van der Waals surface area contributed by atoms with Gasteiger partial charge in [0.2, 0.25) is 11.7 Å². The molecule has 19 heavy (non-hydrogen) atoms. The van der Waals surface area contributed by atoms with E-state index in [1.807, 2.05) is 13.0 Å². The molecule has 0 radical (unpaired) electrons. The highest BCUT2D eigenvalue weighted by Gasteiger charge is 2.21. The lowest BCUT2D eigenvalue weighted by Gasteiger charge is -2.19. The molecule has 1 aromatic heterocycles. The highest BCUT2D eigenvalue weighted by Crippen LogP contribution is 2.25. The van der Waals surface area contributed by atoms with Crippen LogP contribution >= 0.6 is 0 Å². The molecule has 0 saturated carbocycles. The number of hydrogen-bond donors (Lipinski definition) is 1. The molecule has 1 atom stereocenters. The first kappa shape index (κ1) is 12.3. The summed E-state index contributed by atoms with van der Waals surface area (Å²) in [5, 5.41) is 7.30. The molecule has 2 aromatic rings. The van der Waals surface area contributed by atoms with Crippen molar-refractivity contribution in [2.24, 2.45) is 0 Å². The van der Waals surface area contributed by atoms with Crippen molar-refractivity contribution in [2.75, 3.05) is 6.54 Å². The van der Waals surface area contributed by atoms with Crippen molar-refractivity contribution < 1.29 is 8.91 Å². The van der Waals surface area contributed by atoms with E-state index in [4.69, 9.17) is 4.52 Å². The lowest BCUT2D eigenvalue weighted by atomic mass is 10.1. The van der Waals surface area contributed by atoms with Gasteiger partial charge in [0.15, 0.2) is 0 Å². The maximum absolute atomic E-state index is 13.4. The van der Waals surface area contributed by atoms with Gasteiger partial charge in [-0.05, 0) is 50.1 Å². The number of aryl methyl sites for hydroxylation is 1. The van der Waals surface area contributed by atoms with Gasteiger partial charge in [0.1, 0.15) is 5.82 Å². The van der Waals surface area contributed by atoms with E-state index in [1.54, 1.807) is 0 Å². The molecular weight excluding hydrogens is 245 g/mol. The second-order valence-corrected chi connectivity index (χ2v) is 4.98. The SMILES string of the molecule is Cc1cc(F)cc(-c2noc([C@@H]3CCCCN3)n2)c1. The summed E-state index contributed by atoms with van der Waals surface area (Å²) >= 11 is 0. The van der Waals surface area contributed by atoms with E-state index in [9.17, 15) is 4.39 Å². The first-order valence-corrected chi connectivity index (χ1v) is 6.57. The fraction of sp³-hybridized carbons (Fsp3) is 0.429. The molecule has 0 aliphatic carbocycles. The van der Waals surface area contributed by atoms with Gasteiger partial charge in [0.05, 0.1) is 6.04 Å². The van der Waals surface area contributed by atoms with Gasteiger partial charge in [0, 0.05) is 5.56 Å². The van der Waals surface area contributed by atoms with Crippen LogP contribution in [-0.4, -0.2) is 16.7 Å². The van der Waals surface area contributed by atoms with Crippen molar-refractivity contribution >= 4 is 0 Å². The molecule has 1 saturated heterocycles. The van der Waals surface area contributed by atoms with E-state index in [-0.39, 0.29) is 11.9 Å². The predicted molar refractivity (Wildman–Crippen MR) is 69.0 cm³/mol. The van der Waals surface area contributed by atoms with Crippen LogP contribution < -0.4 is 5.32 Å². The molecule has 0 unspecified atom stereocenters. The van der Waals surface area contributed by atoms with Crippen LogP contribution in [-0.2, 0) is 0 Å². The maximum atomic E-state index is 13.4. The smallest absolute Gasteiger partial charge is 0.244 e. The van der Waals surface area contributed by atoms with Crippen molar-refractivity contribution in [3.05, 3.63) is 35.5 Å². The fourth-order valence-electron chi connectivity index (χ4n) is 2.42. The van der Waals surface area contributed by atoms with Crippen LogP contribution in [0.5, 0.6) is 0 Å². The molecule has 1 aliphatic heterocycles. The van der Waals surface area contributed by atoms with Crippen LogP contribution in [0, 0.1) is 12.7 Å². The van der Waals surface area contributed by atoms with Gasteiger partial charge >= 0.3 is 0 Å². The summed E-state index contributed by atoms with van der Waals surface area (Å²) in [6.07, 6.45) is 3.35. The highest BCUT2D eigenvalue weighted by molar-refractivity contribution is 5.55. The number of halogens is 1. The zero-order valence-corrected chi connectivity index (χ0v) is 10.8. The van der Waals surface area contributed by atoms with E-state index in [0.717, 1.165) is 24.9 Å². The van der Waals surface area contributed by atoms with Gasteiger partial charge in [-0.1, -0.05) is 11.6 Å². The number of aromatic nitrogens is 2. The van der Waals surface area contributed by atoms with Gasteiger partial charge in [-0.15, -0.1) is 0 Å². The Hall–Kier alpha value is -1.75. The Morgan fingerprint density at radius 3 is 2.95 bits per heavy atom. The van der Waals surface area contributed by atoms with Gasteiger partial charge < -0.3 is 9.84 Å². The van der Waals surface area contributed by atoms with Crippen molar-refractivity contribution in [1.82, 2.24) is 15.5 Å². The van der Waals surface area contributed by atoms with Crippen molar-refractivity contribution in [3.63, 3.8) is 0 Å². The van der Waals surface area contributed by atoms with Crippen LogP contribution in [0.1, 0.15) is 36.8 Å². The minimum Gasteiger partial charge on any atom is -0.337 e. The average Bonchev–Trinajstić information content (AvgIpc) is 2.88. The first-order valence-electron chi connectivity index (χ1n) is 6.57. The summed E-state index contributed by atoms with van der Waals surface area (Å²) in [6, 6.07) is 4.89. The van der Waals surface area contributed by atoms with Crippen molar-refractivity contribution in [3.8, 4) is 11.4 Å². The molecular formula is C14H16FN3O. The van der Waals surface area contributed by atoms with Crippen LogP contribution in [0.15, 0.2) is 22.7 Å².